The average molecular weight is 278 g/mol. The van der Waals surface area contributed by atoms with Crippen molar-refractivity contribution in [2.45, 2.75) is 19.8 Å². The van der Waals surface area contributed by atoms with E-state index in [-0.39, 0.29) is 0 Å². The van der Waals surface area contributed by atoms with Gasteiger partial charge in [0.15, 0.2) is 0 Å². The lowest BCUT2D eigenvalue weighted by molar-refractivity contribution is -0.138. The third kappa shape index (κ3) is 6.04. The van der Waals surface area contributed by atoms with Gasteiger partial charge in [-0.25, -0.2) is 9.59 Å². The molecule has 0 atom stereocenters. The number of unbranched alkanes of at least 4 members (excludes halogenated alkanes) is 1. The monoisotopic (exact) mass is 278 g/mol. The summed E-state index contributed by atoms with van der Waals surface area (Å²) >= 11 is 0. The van der Waals surface area contributed by atoms with Crippen molar-refractivity contribution in [1.82, 2.24) is 0 Å². The Morgan fingerprint density at radius 3 is 2.25 bits per heavy atom. The van der Waals surface area contributed by atoms with Gasteiger partial charge in [0.1, 0.15) is 11.5 Å². The Kier molecular flexibility index (Phi) is 6.89. The van der Waals surface area contributed by atoms with Crippen molar-refractivity contribution in [2.24, 2.45) is 0 Å². The van der Waals surface area contributed by atoms with Crippen LogP contribution in [-0.4, -0.2) is 25.7 Å². The predicted octanol–water partition coefficient (Wildman–Crippen LogP) is 2.50. The molecule has 0 saturated carbocycles. The molecule has 5 nitrogen and oxygen atoms in total. The maximum atomic E-state index is 11.5. The van der Waals surface area contributed by atoms with Gasteiger partial charge in [-0.15, -0.1) is 0 Å². The van der Waals surface area contributed by atoms with E-state index in [4.69, 9.17) is 14.2 Å². The number of hydrogen-bond acceptors (Lipinski definition) is 5. The van der Waals surface area contributed by atoms with E-state index in [2.05, 4.69) is 0 Å². The molecule has 0 radical (unpaired) electrons. The molecule has 0 aliphatic heterocycles. The molecule has 1 rings (SSSR count). The number of carbonyl (C=O) groups excluding carboxylic acids is 2. The Hall–Kier alpha value is -2.30. The molecule has 0 N–H and O–H groups in total. The maximum Gasteiger partial charge on any atom is 0.336 e. The summed E-state index contributed by atoms with van der Waals surface area (Å²) in [6, 6.07) is 6.55. The van der Waals surface area contributed by atoms with Crippen molar-refractivity contribution in [3.63, 3.8) is 0 Å². The molecule has 0 amide bonds. The summed E-state index contributed by atoms with van der Waals surface area (Å²) in [5.74, 6) is -0.146. The molecule has 0 aliphatic rings. The molecule has 0 saturated heterocycles. The molecule has 5 heteroatoms. The lowest BCUT2D eigenvalue weighted by atomic mass is 10.3. The molecular formula is C15H18O5. The van der Waals surface area contributed by atoms with Crippen LogP contribution in [0, 0.1) is 0 Å². The van der Waals surface area contributed by atoms with Crippen molar-refractivity contribution in [3.05, 3.63) is 36.4 Å². The van der Waals surface area contributed by atoms with E-state index < -0.39 is 11.9 Å². The summed E-state index contributed by atoms with van der Waals surface area (Å²) in [4.78, 5) is 22.7. The van der Waals surface area contributed by atoms with E-state index in [9.17, 15) is 9.59 Å². The Morgan fingerprint density at radius 2 is 1.65 bits per heavy atom. The number of ether oxygens (including phenoxy) is 3. The van der Waals surface area contributed by atoms with Crippen LogP contribution in [0.5, 0.6) is 11.5 Å². The van der Waals surface area contributed by atoms with Crippen molar-refractivity contribution < 1.29 is 23.8 Å². The first-order chi connectivity index (χ1) is 9.65. The minimum atomic E-state index is -0.636. The van der Waals surface area contributed by atoms with Gasteiger partial charge in [-0.1, -0.05) is 13.3 Å². The zero-order valence-electron chi connectivity index (χ0n) is 11.6. The van der Waals surface area contributed by atoms with Gasteiger partial charge in [-0.2, -0.15) is 0 Å². The van der Waals surface area contributed by atoms with Gasteiger partial charge in [-0.05, 0) is 30.7 Å². The topological polar surface area (TPSA) is 61.8 Å². The van der Waals surface area contributed by atoms with Crippen LogP contribution in [0.15, 0.2) is 36.4 Å². The molecule has 108 valence electrons. The third-order valence-corrected chi connectivity index (χ3v) is 2.38. The van der Waals surface area contributed by atoms with Crippen LogP contribution in [0.25, 0.3) is 0 Å². The van der Waals surface area contributed by atoms with Gasteiger partial charge >= 0.3 is 11.9 Å². The smallest absolute Gasteiger partial charge is 0.336 e. The highest BCUT2D eigenvalue weighted by molar-refractivity contribution is 5.92. The molecular weight excluding hydrogens is 260 g/mol. The lowest BCUT2D eigenvalue weighted by Gasteiger charge is -2.03. The van der Waals surface area contributed by atoms with Crippen LogP contribution in [0.1, 0.15) is 19.8 Å². The van der Waals surface area contributed by atoms with Crippen molar-refractivity contribution in [2.75, 3.05) is 13.7 Å². The molecule has 0 aromatic heterocycles. The summed E-state index contributed by atoms with van der Waals surface area (Å²) in [6.45, 7) is 2.35. The average Bonchev–Trinajstić information content (AvgIpc) is 2.46. The summed E-state index contributed by atoms with van der Waals surface area (Å²) < 4.78 is 14.8. The first-order valence-corrected chi connectivity index (χ1v) is 6.36. The molecule has 0 fully saturated rings. The van der Waals surface area contributed by atoms with Crippen LogP contribution in [0.4, 0.5) is 0 Å². The van der Waals surface area contributed by atoms with Gasteiger partial charge in [0, 0.05) is 12.2 Å². The van der Waals surface area contributed by atoms with E-state index >= 15 is 0 Å². The Bertz CT molecular complexity index is 462. The number of carbonyl (C=O) groups is 2. The highest BCUT2D eigenvalue weighted by Crippen LogP contribution is 2.17. The highest BCUT2D eigenvalue weighted by Gasteiger charge is 2.03. The molecule has 0 aliphatic carbocycles. The summed E-state index contributed by atoms with van der Waals surface area (Å²) in [5.41, 5.74) is 0. The summed E-state index contributed by atoms with van der Waals surface area (Å²) in [6.07, 6.45) is 3.84. The fourth-order valence-corrected chi connectivity index (χ4v) is 1.30. The van der Waals surface area contributed by atoms with E-state index in [1.165, 1.54) is 0 Å². The van der Waals surface area contributed by atoms with Crippen LogP contribution >= 0.6 is 0 Å². The van der Waals surface area contributed by atoms with Gasteiger partial charge in [0.05, 0.1) is 13.7 Å². The second-order valence-corrected chi connectivity index (χ2v) is 3.95. The summed E-state index contributed by atoms with van der Waals surface area (Å²) in [5, 5.41) is 0. The molecule has 1 aromatic rings. The standard InChI is InChI=1S/C15H18O5/c1-3-4-11-19-14(16)9-10-15(17)20-13-7-5-12(18-2)6-8-13/h5-10H,3-4,11H2,1-2H3/b10-9+. The van der Waals surface area contributed by atoms with Crippen LogP contribution in [0.3, 0.4) is 0 Å². The second kappa shape index (κ2) is 8.74. The predicted molar refractivity (Wildman–Crippen MR) is 73.6 cm³/mol. The molecule has 0 heterocycles. The van der Waals surface area contributed by atoms with Crippen molar-refractivity contribution in [1.29, 1.82) is 0 Å². The second-order valence-electron chi connectivity index (χ2n) is 3.95. The Morgan fingerprint density at radius 1 is 1.05 bits per heavy atom. The first-order valence-electron chi connectivity index (χ1n) is 6.36. The number of hydrogen-bond donors (Lipinski definition) is 0. The van der Waals surface area contributed by atoms with Crippen LogP contribution in [-0.2, 0) is 14.3 Å². The van der Waals surface area contributed by atoms with Gasteiger partial charge in [0.25, 0.3) is 0 Å². The molecule has 20 heavy (non-hydrogen) atoms. The van der Waals surface area contributed by atoms with Crippen LogP contribution < -0.4 is 9.47 Å². The lowest BCUT2D eigenvalue weighted by Crippen LogP contribution is -2.07. The highest BCUT2D eigenvalue weighted by atomic mass is 16.5. The third-order valence-electron chi connectivity index (χ3n) is 2.38. The van der Waals surface area contributed by atoms with E-state index in [0.717, 1.165) is 25.0 Å². The zero-order chi connectivity index (χ0) is 14.8. The molecule has 1 aromatic carbocycles. The minimum absolute atomic E-state index is 0.354. The Balaban J connectivity index is 2.40. The largest absolute Gasteiger partial charge is 0.497 e. The number of benzene rings is 1. The normalized spacial score (nSPS) is 10.3. The van der Waals surface area contributed by atoms with E-state index in [1.807, 2.05) is 6.92 Å². The van der Waals surface area contributed by atoms with Gasteiger partial charge in [0.2, 0.25) is 0 Å². The quantitative estimate of drug-likeness (QED) is 0.332. The Labute approximate surface area is 118 Å². The molecule has 0 spiro atoms. The minimum Gasteiger partial charge on any atom is -0.497 e. The summed E-state index contributed by atoms with van der Waals surface area (Å²) in [7, 11) is 1.55. The fourth-order valence-electron chi connectivity index (χ4n) is 1.30. The number of methoxy groups -OCH3 is 1. The van der Waals surface area contributed by atoms with Crippen molar-refractivity contribution >= 4 is 11.9 Å². The van der Waals surface area contributed by atoms with E-state index in [0.29, 0.717) is 18.1 Å². The first kappa shape index (κ1) is 15.8. The fraction of sp³-hybridized carbons (Fsp3) is 0.333. The molecule has 0 bridgehead atoms. The van der Waals surface area contributed by atoms with Gasteiger partial charge < -0.3 is 14.2 Å². The maximum absolute atomic E-state index is 11.5. The number of esters is 2. The molecule has 0 unspecified atom stereocenters. The number of rotatable bonds is 7. The van der Waals surface area contributed by atoms with Crippen molar-refractivity contribution in [3.8, 4) is 11.5 Å². The van der Waals surface area contributed by atoms with Crippen LogP contribution in [0.2, 0.25) is 0 Å². The SMILES string of the molecule is CCCCOC(=O)/C=C/C(=O)Oc1ccc(OC)cc1. The van der Waals surface area contributed by atoms with E-state index in [1.54, 1.807) is 31.4 Å². The van der Waals surface area contributed by atoms with Gasteiger partial charge in [-0.3, -0.25) is 0 Å². The zero-order valence-corrected chi connectivity index (χ0v) is 11.6.